The number of carbonyl (C=O) groups excluding carboxylic acids is 1. The lowest BCUT2D eigenvalue weighted by Crippen LogP contribution is -2.41. The molecule has 1 aromatic heterocycles. The molecule has 4 N–H and O–H groups in total. The number of morpholine rings is 1. The van der Waals surface area contributed by atoms with Gasteiger partial charge in [0.05, 0.1) is 34.9 Å². The number of halogens is 2. The second kappa shape index (κ2) is 9.23. The van der Waals surface area contributed by atoms with E-state index in [9.17, 15) is 22.0 Å². The second-order valence-electron chi connectivity index (χ2n) is 9.70. The third kappa shape index (κ3) is 4.51. The predicted molar refractivity (Wildman–Crippen MR) is 135 cm³/mol. The number of nitrogen functional groups attached to an aromatic ring is 1. The van der Waals surface area contributed by atoms with Gasteiger partial charge in [-0.15, -0.1) is 0 Å². The molecule has 198 valence electrons. The summed E-state index contributed by atoms with van der Waals surface area (Å²) in [6.07, 6.45) is -0.461. The van der Waals surface area contributed by atoms with E-state index in [1.54, 1.807) is 26.0 Å². The normalized spacial score (nSPS) is 21.8. The van der Waals surface area contributed by atoms with E-state index in [1.807, 2.05) is 6.07 Å². The van der Waals surface area contributed by atoms with Crippen LogP contribution in [0.1, 0.15) is 41.9 Å². The highest BCUT2D eigenvalue weighted by atomic mass is 32.2. The molecule has 0 spiro atoms. The van der Waals surface area contributed by atoms with Gasteiger partial charge in [-0.25, -0.2) is 17.2 Å². The molecule has 0 saturated carbocycles. The number of nitrogens with two attached hydrogens (primary N) is 1. The van der Waals surface area contributed by atoms with Gasteiger partial charge in [-0.05, 0) is 44.2 Å². The molecule has 3 heterocycles. The Morgan fingerprint density at radius 2 is 2.03 bits per heavy atom. The molecule has 5 rings (SSSR count). The van der Waals surface area contributed by atoms with Crippen LogP contribution in [0.15, 0.2) is 41.1 Å². The summed E-state index contributed by atoms with van der Waals surface area (Å²) in [6.45, 7) is 5.85. The van der Waals surface area contributed by atoms with Gasteiger partial charge >= 0.3 is 0 Å². The molecule has 1 saturated heterocycles. The lowest BCUT2D eigenvalue weighted by molar-refractivity contribution is 0.102. The first-order chi connectivity index (χ1) is 17.5. The maximum absolute atomic E-state index is 13.9. The summed E-state index contributed by atoms with van der Waals surface area (Å²) in [4.78, 5) is 14.8. The Labute approximate surface area is 213 Å². The molecule has 2 aromatic rings. The van der Waals surface area contributed by atoms with Crippen molar-refractivity contribution in [1.29, 1.82) is 0 Å². The number of nitrogens with one attached hydrogen (secondary N) is 2. The van der Waals surface area contributed by atoms with E-state index < -0.39 is 44.8 Å². The van der Waals surface area contributed by atoms with Crippen molar-refractivity contribution in [2.45, 2.75) is 38.5 Å². The summed E-state index contributed by atoms with van der Waals surface area (Å²) in [6, 6.07) is 5.17. The van der Waals surface area contributed by atoms with Crippen molar-refractivity contribution in [3.05, 3.63) is 57.9 Å². The first kappa shape index (κ1) is 25.4. The predicted octanol–water partition coefficient (Wildman–Crippen LogP) is 2.94. The average Bonchev–Trinajstić information content (AvgIpc) is 3.37. The van der Waals surface area contributed by atoms with Crippen molar-refractivity contribution in [2.24, 2.45) is 0 Å². The van der Waals surface area contributed by atoms with E-state index in [0.29, 0.717) is 24.5 Å². The Bertz CT molecular complexity index is 1410. The van der Waals surface area contributed by atoms with Crippen molar-refractivity contribution in [2.75, 3.05) is 42.3 Å². The number of aromatic amines is 1. The molecule has 0 radical (unpaired) electrons. The molecule has 2 aliphatic heterocycles. The third-order valence-corrected chi connectivity index (χ3v) is 8.93. The summed E-state index contributed by atoms with van der Waals surface area (Å²) < 4.78 is 61.0. The van der Waals surface area contributed by atoms with Crippen LogP contribution in [0, 0.1) is 0 Å². The number of alkyl halides is 1. The van der Waals surface area contributed by atoms with Crippen molar-refractivity contribution in [3.63, 3.8) is 0 Å². The van der Waals surface area contributed by atoms with Gasteiger partial charge in [-0.3, -0.25) is 9.89 Å². The van der Waals surface area contributed by atoms with Crippen LogP contribution in [0.4, 0.5) is 26.0 Å². The van der Waals surface area contributed by atoms with Crippen molar-refractivity contribution >= 4 is 33.1 Å². The van der Waals surface area contributed by atoms with Crippen molar-refractivity contribution in [1.82, 2.24) is 14.5 Å². The van der Waals surface area contributed by atoms with Crippen LogP contribution in [-0.4, -0.2) is 61.3 Å². The molecule has 1 atom stereocenters. The number of allylic oxidation sites excluding steroid dienone is 3. The maximum Gasteiger partial charge on any atom is 0.258 e. The molecule has 1 fully saturated rings. The number of fused-ring (bicyclic) bond motifs is 1. The minimum absolute atomic E-state index is 0.147. The fourth-order valence-corrected chi connectivity index (χ4v) is 6.74. The number of anilines is 3. The maximum atomic E-state index is 13.9. The van der Waals surface area contributed by atoms with Gasteiger partial charge in [-0.2, -0.15) is 9.40 Å². The number of aromatic nitrogens is 2. The molecule has 1 aliphatic carbocycles. The SMILES string of the molecule is CC1(C)c2[nH]nc(NC(=O)c3ccc(N4CCOCC4)cc3N)c2CN1S(=O)(=O)C1=CC(F)CC(F)=C1. The van der Waals surface area contributed by atoms with Gasteiger partial charge in [-0.1, -0.05) is 0 Å². The van der Waals surface area contributed by atoms with Crippen LogP contribution in [0.25, 0.3) is 0 Å². The fourth-order valence-electron chi connectivity index (χ4n) is 4.90. The second-order valence-corrected chi connectivity index (χ2v) is 11.6. The largest absolute Gasteiger partial charge is 0.398 e. The molecular formula is C24H28F2N6O4S. The van der Waals surface area contributed by atoms with Crippen LogP contribution in [0.3, 0.4) is 0 Å². The standard InChI is InChI=1S/C24H28F2N6O4S/c1-24(2)21-19(13-32(24)37(34,35)17-10-14(25)9-15(26)11-17)22(30-29-21)28-23(33)18-4-3-16(12-20(18)27)31-5-7-36-8-6-31/h3-4,10-12,14H,5-9,13,27H2,1-2H3,(H2,28,29,30,33). The van der Waals surface area contributed by atoms with Gasteiger partial charge in [0.2, 0.25) is 10.0 Å². The van der Waals surface area contributed by atoms with E-state index in [-0.39, 0.29) is 23.6 Å². The zero-order valence-electron chi connectivity index (χ0n) is 20.4. The molecule has 1 amide bonds. The smallest absolute Gasteiger partial charge is 0.258 e. The molecule has 10 nitrogen and oxygen atoms in total. The summed E-state index contributed by atoms with van der Waals surface area (Å²) in [5, 5.41) is 9.72. The van der Waals surface area contributed by atoms with Crippen molar-refractivity contribution < 1.29 is 26.7 Å². The van der Waals surface area contributed by atoms with E-state index in [0.717, 1.165) is 35.2 Å². The van der Waals surface area contributed by atoms with Crippen LogP contribution >= 0.6 is 0 Å². The molecule has 13 heteroatoms. The average molecular weight is 535 g/mol. The molecule has 37 heavy (non-hydrogen) atoms. The van der Waals surface area contributed by atoms with Gasteiger partial charge < -0.3 is 20.7 Å². The summed E-state index contributed by atoms with van der Waals surface area (Å²) in [5.74, 6) is -1.18. The Balaban J connectivity index is 1.38. The van der Waals surface area contributed by atoms with Gasteiger partial charge in [0.1, 0.15) is 12.0 Å². The Kier molecular flexibility index (Phi) is 6.32. The summed E-state index contributed by atoms with van der Waals surface area (Å²) in [5.41, 5.74) is 7.43. The number of hydrogen-bond acceptors (Lipinski definition) is 7. The zero-order chi connectivity index (χ0) is 26.5. The van der Waals surface area contributed by atoms with E-state index in [2.05, 4.69) is 20.4 Å². The molecule has 1 unspecified atom stereocenters. The number of nitrogens with zero attached hydrogens (tertiary/aromatic N) is 3. The molecule has 1 aromatic carbocycles. The number of carbonyl (C=O) groups is 1. The minimum Gasteiger partial charge on any atom is -0.398 e. The fraction of sp³-hybridized carbons (Fsp3) is 0.417. The van der Waals surface area contributed by atoms with Gasteiger partial charge in [0.15, 0.2) is 5.82 Å². The van der Waals surface area contributed by atoms with Crippen LogP contribution < -0.4 is 16.0 Å². The first-order valence-corrected chi connectivity index (χ1v) is 13.3. The van der Waals surface area contributed by atoms with Gasteiger partial charge in [0, 0.05) is 43.0 Å². The zero-order valence-corrected chi connectivity index (χ0v) is 21.2. The molecule has 0 bridgehead atoms. The van der Waals surface area contributed by atoms with Crippen LogP contribution in [0.5, 0.6) is 0 Å². The minimum atomic E-state index is -4.25. The van der Waals surface area contributed by atoms with Gasteiger partial charge in [0.25, 0.3) is 5.91 Å². The number of amides is 1. The van der Waals surface area contributed by atoms with Crippen LogP contribution in [0.2, 0.25) is 0 Å². The Morgan fingerprint density at radius 1 is 1.30 bits per heavy atom. The lowest BCUT2D eigenvalue weighted by atomic mass is 10.0. The monoisotopic (exact) mass is 534 g/mol. The number of H-pyrrole nitrogens is 1. The van der Waals surface area contributed by atoms with Crippen LogP contribution in [-0.2, 0) is 26.8 Å². The number of ether oxygens (including phenoxy) is 1. The molecular weight excluding hydrogens is 506 g/mol. The summed E-state index contributed by atoms with van der Waals surface area (Å²) >= 11 is 0. The van der Waals surface area contributed by atoms with E-state index in [4.69, 9.17) is 10.5 Å². The van der Waals surface area contributed by atoms with E-state index in [1.165, 1.54) is 0 Å². The lowest BCUT2D eigenvalue weighted by Gasteiger charge is -2.31. The highest BCUT2D eigenvalue weighted by Crippen LogP contribution is 2.44. The number of sulfonamides is 1. The highest BCUT2D eigenvalue weighted by molar-refractivity contribution is 7.93. The third-order valence-electron chi connectivity index (χ3n) is 6.91. The number of hydrogen-bond donors (Lipinski definition) is 3. The summed E-state index contributed by atoms with van der Waals surface area (Å²) in [7, 11) is -4.25. The number of benzene rings is 1. The van der Waals surface area contributed by atoms with Crippen molar-refractivity contribution in [3.8, 4) is 0 Å². The quantitative estimate of drug-likeness (QED) is 0.502. The Morgan fingerprint density at radius 3 is 2.70 bits per heavy atom. The Hall–Kier alpha value is -3.29. The number of rotatable bonds is 5. The highest BCUT2D eigenvalue weighted by Gasteiger charge is 2.48. The first-order valence-electron chi connectivity index (χ1n) is 11.8. The molecule has 3 aliphatic rings. The van der Waals surface area contributed by atoms with E-state index >= 15 is 0 Å². The topological polar surface area (TPSA) is 134 Å².